The summed E-state index contributed by atoms with van der Waals surface area (Å²) < 4.78 is 11.4. The second-order valence-electron chi connectivity index (χ2n) is 14.4. The van der Waals surface area contributed by atoms with Gasteiger partial charge in [0.1, 0.15) is 11.2 Å². The third-order valence-corrected chi connectivity index (χ3v) is 12.2. The average molecular weight is 747 g/mol. The number of fused-ring (bicyclic) bond motifs is 9. The van der Waals surface area contributed by atoms with Crippen LogP contribution in [-0.2, 0) is 0 Å². The van der Waals surface area contributed by atoms with Gasteiger partial charge in [-0.1, -0.05) is 121 Å². The molecular formula is C51H30N4OS. The second kappa shape index (κ2) is 12.6. The lowest BCUT2D eigenvalue weighted by molar-refractivity contribution is 0.669. The lowest BCUT2D eigenvalue weighted by Crippen LogP contribution is -2.00. The van der Waals surface area contributed by atoms with Crippen LogP contribution in [0, 0.1) is 0 Å². The van der Waals surface area contributed by atoms with Crippen LogP contribution in [-0.4, -0.2) is 19.5 Å². The van der Waals surface area contributed by atoms with E-state index in [-0.39, 0.29) is 0 Å². The third-order valence-electron chi connectivity index (χ3n) is 11.1. The predicted octanol–water partition coefficient (Wildman–Crippen LogP) is 13.9. The lowest BCUT2D eigenvalue weighted by Gasteiger charge is -2.10. The Balaban J connectivity index is 1.08. The summed E-state index contributed by atoms with van der Waals surface area (Å²) in [5.41, 5.74) is 10.1. The number of benzene rings is 8. The zero-order valence-electron chi connectivity index (χ0n) is 30.4. The minimum atomic E-state index is 0.592. The monoisotopic (exact) mass is 746 g/mol. The summed E-state index contributed by atoms with van der Waals surface area (Å²) in [6.45, 7) is 0. The van der Waals surface area contributed by atoms with Crippen LogP contribution in [0.1, 0.15) is 0 Å². The van der Waals surface area contributed by atoms with Gasteiger partial charge in [-0.15, -0.1) is 11.3 Å². The molecule has 266 valence electrons. The first-order valence-corrected chi connectivity index (χ1v) is 19.8. The molecule has 0 atom stereocenters. The summed E-state index contributed by atoms with van der Waals surface area (Å²) in [5.74, 6) is 1.83. The Bertz CT molecular complexity index is 3470. The molecule has 5 nitrogen and oxygen atoms in total. The maximum absolute atomic E-state index is 6.54. The van der Waals surface area contributed by atoms with Crippen molar-refractivity contribution >= 4 is 75.3 Å². The van der Waals surface area contributed by atoms with E-state index in [4.69, 9.17) is 19.4 Å². The molecule has 57 heavy (non-hydrogen) atoms. The Kier molecular flexibility index (Phi) is 7.03. The minimum absolute atomic E-state index is 0.592. The molecule has 0 saturated carbocycles. The molecule has 4 heterocycles. The highest BCUT2D eigenvalue weighted by molar-refractivity contribution is 7.26. The van der Waals surface area contributed by atoms with E-state index < -0.39 is 0 Å². The van der Waals surface area contributed by atoms with E-state index in [0.29, 0.717) is 17.5 Å². The SMILES string of the molecule is c1ccc(-c2nc(-c3ccc4sc5cccc(-c6ccccc6)c5c4c3)nc(-c3cccc4oc5ccc(-n6c7ccccc7c7ccccc76)cc5c34)n2)cc1. The number of para-hydroxylation sites is 2. The number of thiophene rings is 1. The highest BCUT2D eigenvalue weighted by Crippen LogP contribution is 2.43. The molecule has 6 heteroatoms. The third kappa shape index (κ3) is 5.04. The van der Waals surface area contributed by atoms with Gasteiger partial charge in [0, 0.05) is 64.1 Å². The minimum Gasteiger partial charge on any atom is -0.456 e. The van der Waals surface area contributed by atoms with Crippen molar-refractivity contribution in [1.29, 1.82) is 0 Å². The van der Waals surface area contributed by atoms with E-state index in [1.54, 1.807) is 0 Å². The van der Waals surface area contributed by atoms with Crippen molar-refractivity contribution in [3.63, 3.8) is 0 Å². The van der Waals surface area contributed by atoms with Crippen molar-refractivity contribution in [2.24, 2.45) is 0 Å². The van der Waals surface area contributed by atoms with E-state index in [1.165, 1.54) is 42.1 Å². The molecular weight excluding hydrogens is 717 g/mol. The molecule has 0 radical (unpaired) electrons. The topological polar surface area (TPSA) is 56.7 Å². The smallest absolute Gasteiger partial charge is 0.164 e. The molecule has 4 aromatic heterocycles. The predicted molar refractivity (Wildman–Crippen MR) is 236 cm³/mol. The van der Waals surface area contributed by atoms with Gasteiger partial charge in [0.25, 0.3) is 0 Å². The summed E-state index contributed by atoms with van der Waals surface area (Å²) in [6.07, 6.45) is 0. The van der Waals surface area contributed by atoms with E-state index >= 15 is 0 Å². The Labute approximate surface area is 330 Å². The first-order chi connectivity index (χ1) is 28.2. The van der Waals surface area contributed by atoms with Crippen LogP contribution < -0.4 is 0 Å². The molecule has 0 saturated heterocycles. The molecule has 0 amide bonds. The van der Waals surface area contributed by atoms with Gasteiger partial charge in [-0.05, 0) is 71.8 Å². The largest absolute Gasteiger partial charge is 0.456 e. The Morgan fingerprint density at radius 3 is 1.81 bits per heavy atom. The maximum Gasteiger partial charge on any atom is 0.164 e. The van der Waals surface area contributed by atoms with Gasteiger partial charge >= 0.3 is 0 Å². The fourth-order valence-corrected chi connectivity index (χ4v) is 9.62. The lowest BCUT2D eigenvalue weighted by atomic mass is 9.99. The fourth-order valence-electron chi connectivity index (χ4n) is 8.51. The molecule has 0 aliphatic rings. The Morgan fingerprint density at radius 1 is 0.386 bits per heavy atom. The van der Waals surface area contributed by atoms with Gasteiger partial charge in [0.15, 0.2) is 17.5 Å². The second-order valence-corrected chi connectivity index (χ2v) is 15.4. The molecule has 0 fully saturated rings. The molecule has 0 aliphatic heterocycles. The highest BCUT2D eigenvalue weighted by Gasteiger charge is 2.20. The quantitative estimate of drug-likeness (QED) is 0.176. The van der Waals surface area contributed by atoms with Gasteiger partial charge in [-0.2, -0.15) is 0 Å². The molecule has 0 aliphatic carbocycles. The molecule has 8 aromatic carbocycles. The van der Waals surface area contributed by atoms with Crippen LogP contribution in [0.25, 0.3) is 115 Å². The van der Waals surface area contributed by atoms with Crippen LogP contribution in [0.15, 0.2) is 186 Å². The van der Waals surface area contributed by atoms with Crippen molar-refractivity contribution in [3.05, 3.63) is 182 Å². The maximum atomic E-state index is 6.54. The molecule has 0 N–H and O–H groups in total. The number of rotatable bonds is 5. The zero-order chi connectivity index (χ0) is 37.5. The van der Waals surface area contributed by atoms with Gasteiger partial charge in [0.05, 0.1) is 11.0 Å². The first-order valence-electron chi connectivity index (χ1n) is 19.0. The summed E-state index contributed by atoms with van der Waals surface area (Å²) in [5, 5.41) is 6.86. The summed E-state index contributed by atoms with van der Waals surface area (Å²) >= 11 is 1.81. The Morgan fingerprint density at radius 2 is 1.04 bits per heavy atom. The van der Waals surface area contributed by atoms with Gasteiger partial charge in [-0.3, -0.25) is 0 Å². The fraction of sp³-hybridized carbons (Fsp3) is 0. The molecule has 12 rings (SSSR count). The van der Waals surface area contributed by atoms with Gasteiger partial charge in [0.2, 0.25) is 0 Å². The summed E-state index contributed by atoms with van der Waals surface area (Å²) in [4.78, 5) is 15.6. The van der Waals surface area contributed by atoms with E-state index in [9.17, 15) is 0 Å². The normalized spacial score (nSPS) is 11.9. The standard InChI is InChI=1S/C51H30N4OS/c1-3-13-31(14-4-1)35-19-12-24-46-48(35)40-29-33(25-28-45(40)57-46)50-52-49(32-15-5-2-6-16-32)53-51(54-50)38-20-11-23-44-47(38)39-30-34(26-27-43(39)56-44)55-41-21-9-7-17-36(41)37-18-8-10-22-42(37)55/h1-30H. The van der Waals surface area contributed by atoms with Crippen molar-refractivity contribution < 1.29 is 4.42 Å². The van der Waals surface area contributed by atoms with Crippen LogP contribution in [0.5, 0.6) is 0 Å². The highest BCUT2D eigenvalue weighted by atomic mass is 32.1. The van der Waals surface area contributed by atoms with E-state index in [2.05, 4.69) is 156 Å². The van der Waals surface area contributed by atoms with E-state index in [1.807, 2.05) is 41.7 Å². The number of hydrogen-bond acceptors (Lipinski definition) is 5. The molecule has 0 unspecified atom stereocenters. The number of hydrogen-bond donors (Lipinski definition) is 0. The molecule has 12 aromatic rings. The van der Waals surface area contributed by atoms with Crippen molar-refractivity contribution in [2.75, 3.05) is 0 Å². The van der Waals surface area contributed by atoms with Crippen molar-refractivity contribution in [1.82, 2.24) is 19.5 Å². The molecule has 0 spiro atoms. The van der Waals surface area contributed by atoms with Crippen LogP contribution in [0.3, 0.4) is 0 Å². The van der Waals surface area contributed by atoms with E-state index in [0.717, 1.165) is 55.3 Å². The molecule has 0 bridgehead atoms. The first kappa shape index (κ1) is 31.9. The van der Waals surface area contributed by atoms with Crippen molar-refractivity contribution in [2.45, 2.75) is 0 Å². The van der Waals surface area contributed by atoms with Crippen molar-refractivity contribution in [3.8, 4) is 51.0 Å². The van der Waals surface area contributed by atoms with Crippen LogP contribution >= 0.6 is 11.3 Å². The van der Waals surface area contributed by atoms with Crippen LogP contribution in [0.4, 0.5) is 0 Å². The number of nitrogens with zero attached hydrogens (tertiary/aromatic N) is 4. The summed E-state index contributed by atoms with van der Waals surface area (Å²) in [6, 6.07) is 63.7. The van der Waals surface area contributed by atoms with Crippen LogP contribution in [0.2, 0.25) is 0 Å². The summed E-state index contributed by atoms with van der Waals surface area (Å²) in [7, 11) is 0. The number of aromatic nitrogens is 4. The zero-order valence-corrected chi connectivity index (χ0v) is 31.2. The Hall–Kier alpha value is -7.41. The van der Waals surface area contributed by atoms with Gasteiger partial charge in [-0.25, -0.2) is 15.0 Å². The number of furan rings is 1. The van der Waals surface area contributed by atoms with Gasteiger partial charge < -0.3 is 8.98 Å². The average Bonchev–Trinajstić information content (AvgIpc) is 3.96.